The maximum absolute atomic E-state index is 9.03. The topological polar surface area (TPSA) is 70.9 Å². The van der Waals surface area contributed by atoms with Crippen LogP contribution in [0.5, 0.6) is 0 Å². The normalized spacial score (nSPS) is 10.9. The van der Waals surface area contributed by atoms with Crippen LogP contribution in [0.25, 0.3) is 10.6 Å². The van der Waals surface area contributed by atoms with Gasteiger partial charge in [0.2, 0.25) is 0 Å². The Kier molecular flexibility index (Phi) is 3.88. The number of hydrogen-bond donors (Lipinski definition) is 2. The van der Waals surface area contributed by atoms with Crippen molar-refractivity contribution in [3.63, 3.8) is 0 Å². The summed E-state index contributed by atoms with van der Waals surface area (Å²) in [6.45, 7) is 6.04. The average Bonchev–Trinajstić information content (AvgIpc) is 2.77. The van der Waals surface area contributed by atoms with Gasteiger partial charge in [0.25, 0.3) is 0 Å². The number of rotatable bonds is 4. The Balaban J connectivity index is 2.42. The first-order valence-corrected chi connectivity index (χ1v) is 6.58. The van der Waals surface area contributed by atoms with Crippen LogP contribution in [0, 0.1) is 6.92 Å². The lowest BCUT2D eigenvalue weighted by atomic mass is 10.2. The average molecular weight is 264 g/mol. The van der Waals surface area contributed by atoms with Crippen molar-refractivity contribution < 1.29 is 5.11 Å². The molecule has 0 aromatic carbocycles. The first kappa shape index (κ1) is 12.9. The van der Waals surface area contributed by atoms with Crippen molar-refractivity contribution in [3.05, 3.63) is 23.0 Å². The van der Waals surface area contributed by atoms with E-state index >= 15 is 0 Å². The van der Waals surface area contributed by atoms with Crippen LogP contribution in [0.15, 0.2) is 12.3 Å². The smallest absolute Gasteiger partial charge is 0.151 e. The highest BCUT2D eigenvalue weighted by atomic mass is 32.1. The van der Waals surface area contributed by atoms with Crippen LogP contribution in [0.4, 0.5) is 5.69 Å². The van der Waals surface area contributed by atoms with Crippen LogP contribution in [0.1, 0.15) is 24.5 Å². The van der Waals surface area contributed by atoms with Crippen LogP contribution in [-0.4, -0.2) is 26.3 Å². The van der Waals surface area contributed by atoms with E-state index in [0.717, 1.165) is 22.0 Å². The fourth-order valence-corrected chi connectivity index (χ4v) is 2.31. The Hall–Kier alpha value is -1.53. The number of pyridine rings is 1. The molecule has 2 aromatic rings. The van der Waals surface area contributed by atoms with Gasteiger partial charge in [-0.25, -0.2) is 0 Å². The molecule has 0 spiro atoms. The predicted octanol–water partition coefficient (Wildman–Crippen LogP) is 2.22. The van der Waals surface area contributed by atoms with Crippen LogP contribution >= 0.6 is 11.3 Å². The number of hydrogen-bond acceptors (Lipinski definition) is 6. The standard InChI is InChI=1S/C12H16N4OS/c1-7(2)14-10-4-8(3)13-5-9(10)12-16-15-11(6-17)18-12/h4-5,7,17H,6H2,1-3H3,(H,13,14). The number of nitrogens with zero attached hydrogens (tertiary/aromatic N) is 3. The third-order valence-electron chi connectivity index (χ3n) is 2.32. The van der Waals surface area contributed by atoms with Crippen LogP contribution in [0.3, 0.4) is 0 Å². The Bertz CT molecular complexity index is 539. The minimum Gasteiger partial charge on any atom is -0.389 e. The molecule has 0 atom stereocenters. The van der Waals surface area contributed by atoms with Crippen molar-refractivity contribution in [2.75, 3.05) is 5.32 Å². The molecule has 0 saturated carbocycles. The summed E-state index contributed by atoms with van der Waals surface area (Å²) in [6.07, 6.45) is 1.79. The molecule has 0 saturated heterocycles. The maximum atomic E-state index is 9.03. The lowest BCUT2D eigenvalue weighted by Crippen LogP contribution is -2.11. The van der Waals surface area contributed by atoms with Gasteiger partial charge in [-0.15, -0.1) is 10.2 Å². The van der Waals surface area contributed by atoms with Crippen molar-refractivity contribution in [2.45, 2.75) is 33.4 Å². The van der Waals surface area contributed by atoms with E-state index in [1.165, 1.54) is 11.3 Å². The van der Waals surface area contributed by atoms with Gasteiger partial charge in [0.1, 0.15) is 5.01 Å². The zero-order valence-corrected chi connectivity index (χ0v) is 11.5. The SMILES string of the molecule is Cc1cc(NC(C)C)c(-c2nnc(CO)s2)cn1. The Labute approximate surface area is 110 Å². The summed E-state index contributed by atoms with van der Waals surface area (Å²) in [5.41, 5.74) is 2.87. The van der Waals surface area contributed by atoms with E-state index in [-0.39, 0.29) is 6.61 Å². The highest BCUT2D eigenvalue weighted by Gasteiger charge is 2.12. The molecule has 5 nitrogen and oxygen atoms in total. The van der Waals surface area contributed by atoms with Gasteiger partial charge in [0.05, 0.1) is 12.2 Å². The highest BCUT2D eigenvalue weighted by Crippen LogP contribution is 2.30. The summed E-state index contributed by atoms with van der Waals surface area (Å²) in [5.74, 6) is 0. The molecule has 0 radical (unpaired) electrons. The predicted molar refractivity (Wildman–Crippen MR) is 72.6 cm³/mol. The van der Waals surface area contributed by atoms with E-state index in [1.54, 1.807) is 6.20 Å². The molecule has 0 aliphatic rings. The van der Waals surface area contributed by atoms with E-state index in [1.807, 2.05) is 13.0 Å². The number of aliphatic hydroxyl groups is 1. The summed E-state index contributed by atoms with van der Waals surface area (Å²) in [4.78, 5) is 4.29. The molecular weight excluding hydrogens is 248 g/mol. The van der Waals surface area contributed by atoms with E-state index in [4.69, 9.17) is 5.11 Å². The molecule has 2 aromatic heterocycles. The van der Waals surface area contributed by atoms with Crippen molar-refractivity contribution in [1.29, 1.82) is 0 Å². The minimum absolute atomic E-state index is 0.0795. The van der Waals surface area contributed by atoms with Gasteiger partial charge >= 0.3 is 0 Å². The van der Waals surface area contributed by atoms with E-state index in [0.29, 0.717) is 11.0 Å². The number of aryl methyl sites for hydroxylation is 1. The van der Waals surface area contributed by atoms with Crippen molar-refractivity contribution in [3.8, 4) is 10.6 Å². The van der Waals surface area contributed by atoms with Gasteiger partial charge in [0, 0.05) is 23.6 Å². The molecule has 2 N–H and O–H groups in total. The van der Waals surface area contributed by atoms with Gasteiger partial charge in [-0.05, 0) is 26.8 Å². The Morgan fingerprint density at radius 2 is 2.17 bits per heavy atom. The summed E-state index contributed by atoms with van der Waals surface area (Å²) in [6, 6.07) is 2.32. The Morgan fingerprint density at radius 1 is 1.39 bits per heavy atom. The van der Waals surface area contributed by atoms with Gasteiger partial charge < -0.3 is 10.4 Å². The van der Waals surface area contributed by atoms with Crippen LogP contribution in [-0.2, 0) is 6.61 Å². The van der Waals surface area contributed by atoms with E-state index < -0.39 is 0 Å². The van der Waals surface area contributed by atoms with Crippen molar-refractivity contribution >= 4 is 17.0 Å². The summed E-state index contributed by atoms with van der Waals surface area (Å²) >= 11 is 1.38. The minimum atomic E-state index is -0.0795. The number of nitrogens with one attached hydrogen (secondary N) is 1. The quantitative estimate of drug-likeness (QED) is 0.886. The summed E-state index contributed by atoms with van der Waals surface area (Å²) in [5, 5.41) is 21.8. The van der Waals surface area contributed by atoms with Gasteiger partial charge in [0.15, 0.2) is 5.01 Å². The molecule has 96 valence electrons. The van der Waals surface area contributed by atoms with Gasteiger partial charge in [-0.3, -0.25) is 4.98 Å². The molecule has 6 heteroatoms. The van der Waals surface area contributed by atoms with Crippen LogP contribution in [0.2, 0.25) is 0 Å². The highest BCUT2D eigenvalue weighted by molar-refractivity contribution is 7.14. The lowest BCUT2D eigenvalue weighted by molar-refractivity contribution is 0.280. The maximum Gasteiger partial charge on any atom is 0.151 e. The second-order valence-corrected chi connectivity index (χ2v) is 5.39. The zero-order valence-electron chi connectivity index (χ0n) is 10.6. The monoisotopic (exact) mass is 264 g/mol. The summed E-state index contributed by atoms with van der Waals surface area (Å²) in [7, 11) is 0. The largest absolute Gasteiger partial charge is 0.389 e. The molecule has 18 heavy (non-hydrogen) atoms. The third-order valence-corrected chi connectivity index (χ3v) is 3.26. The fraction of sp³-hybridized carbons (Fsp3) is 0.417. The number of aliphatic hydroxyl groups excluding tert-OH is 1. The molecule has 2 heterocycles. The molecule has 2 rings (SSSR count). The Morgan fingerprint density at radius 3 is 2.78 bits per heavy atom. The van der Waals surface area contributed by atoms with Gasteiger partial charge in [-0.2, -0.15) is 0 Å². The van der Waals surface area contributed by atoms with Gasteiger partial charge in [-0.1, -0.05) is 11.3 Å². The molecule has 0 fully saturated rings. The second kappa shape index (κ2) is 5.41. The molecule has 0 aliphatic heterocycles. The fourth-order valence-electron chi connectivity index (χ4n) is 1.59. The first-order valence-electron chi connectivity index (χ1n) is 5.77. The van der Waals surface area contributed by atoms with E-state index in [9.17, 15) is 0 Å². The molecule has 0 aliphatic carbocycles. The van der Waals surface area contributed by atoms with E-state index in [2.05, 4.69) is 34.3 Å². The molecular formula is C12H16N4OS. The summed E-state index contributed by atoms with van der Waals surface area (Å²) < 4.78 is 0. The molecule has 0 bridgehead atoms. The van der Waals surface area contributed by atoms with Crippen molar-refractivity contribution in [1.82, 2.24) is 15.2 Å². The van der Waals surface area contributed by atoms with Crippen LogP contribution < -0.4 is 5.32 Å². The number of anilines is 1. The first-order chi connectivity index (χ1) is 8.60. The third kappa shape index (κ3) is 2.83. The number of aromatic nitrogens is 3. The zero-order chi connectivity index (χ0) is 13.1. The lowest BCUT2D eigenvalue weighted by Gasteiger charge is -2.13. The second-order valence-electron chi connectivity index (χ2n) is 4.33. The molecule has 0 unspecified atom stereocenters. The van der Waals surface area contributed by atoms with Crippen molar-refractivity contribution in [2.24, 2.45) is 0 Å². The molecule has 0 amide bonds.